The van der Waals surface area contributed by atoms with E-state index in [1.165, 1.54) is 11.3 Å². The number of ether oxygens (including phenoxy) is 3. The second-order valence-electron chi connectivity index (χ2n) is 5.23. The molecule has 0 fully saturated rings. The number of hydrogen-bond acceptors (Lipinski definition) is 7. The van der Waals surface area contributed by atoms with Crippen LogP contribution >= 0.6 is 11.3 Å². The van der Waals surface area contributed by atoms with Crippen LogP contribution in [0.2, 0.25) is 0 Å². The van der Waals surface area contributed by atoms with Crippen LogP contribution < -0.4 is 9.47 Å². The van der Waals surface area contributed by atoms with Gasteiger partial charge in [-0.15, -0.1) is 11.3 Å². The number of benzene rings is 1. The Balaban J connectivity index is 1.66. The molecule has 3 aromatic rings. The SMILES string of the molecule is CCOc1cc(C(=O)OCc2csc(-c3ccccn3)n2)ccc1OC. The number of methoxy groups -OCH3 is 1. The number of thiazole rings is 1. The predicted octanol–water partition coefficient (Wildman–Crippen LogP) is 3.97. The van der Waals surface area contributed by atoms with E-state index in [1.807, 2.05) is 30.5 Å². The van der Waals surface area contributed by atoms with Gasteiger partial charge in [-0.3, -0.25) is 4.98 Å². The largest absolute Gasteiger partial charge is 0.493 e. The first-order valence-corrected chi connectivity index (χ1v) is 8.93. The van der Waals surface area contributed by atoms with E-state index in [2.05, 4.69) is 9.97 Å². The lowest BCUT2D eigenvalue weighted by Crippen LogP contribution is -2.06. The van der Waals surface area contributed by atoms with Crippen LogP contribution in [0.4, 0.5) is 0 Å². The van der Waals surface area contributed by atoms with E-state index in [9.17, 15) is 4.79 Å². The molecule has 0 aliphatic heterocycles. The summed E-state index contributed by atoms with van der Waals surface area (Å²) in [6.45, 7) is 2.44. The predicted molar refractivity (Wildman–Crippen MR) is 98.6 cm³/mol. The minimum atomic E-state index is -0.444. The Morgan fingerprint density at radius 1 is 1.19 bits per heavy atom. The molecule has 2 heterocycles. The van der Waals surface area contributed by atoms with Gasteiger partial charge in [0.05, 0.1) is 30.7 Å². The van der Waals surface area contributed by atoms with Crippen molar-refractivity contribution in [2.45, 2.75) is 13.5 Å². The van der Waals surface area contributed by atoms with Crippen LogP contribution in [0.25, 0.3) is 10.7 Å². The van der Waals surface area contributed by atoms with Crippen LogP contribution in [-0.4, -0.2) is 29.7 Å². The average Bonchev–Trinajstić information content (AvgIpc) is 3.16. The average molecular weight is 370 g/mol. The van der Waals surface area contributed by atoms with Gasteiger partial charge in [0.15, 0.2) is 11.5 Å². The topological polar surface area (TPSA) is 70.5 Å². The standard InChI is InChI=1S/C19H18N2O4S/c1-3-24-17-10-13(7-8-16(17)23-2)19(22)25-11-14-12-26-18(21-14)15-6-4-5-9-20-15/h4-10,12H,3,11H2,1-2H3. The molecule has 3 rings (SSSR count). The summed E-state index contributed by atoms with van der Waals surface area (Å²) in [5.74, 6) is 0.638. The Kier molecular flexibility index (Phi) is 5.80. The fraction of sp³-hybridized carbons (Fsp3) is 0.211. The summed E-state index contributed by atoms with van der Waals surface area (Å²) in [5.41, 5.74) is 1.88. The summed E-state index contributed by atoms with van der Waals surface area (Å²) in [6.07, 6.45) is 1.72. The maximum absolute atomic E-state index is 12.3. The van der Waals surface area contributed by atoms with E-state index in [-0.39, 0.29) is 6.61 Å². The number of nitrogens with zero attached hydrogens (tertiary/aromatic N) is 2. The molecule has 0 N–H and O–H groups in total. The van der Waals surface area contributed by atoms with Gasteiger partial charge in [0, 0.05) is 11.6 Å². The van der Waals surface area contributed by atoms with E-state index in [4.69, 9.17) is 14.2 Å². The van der Waals surface area contributed by atoms with Crippen molar-refractivity contribution in [3.8, 4) is 22.2 Å². The van der Waals surface area contributed by atoms with Gasteiger partial charge in [-0.1, -0.05) is 6.07 Å². The summed E-state index contributed by atoms with van der Waals surface area (Å²) >= 11 is 1.46. The quantitative estimate of drug-likeness (QED) is 0.586. The third-order valence-electron chi connectivity index (χ3n) is 3.49. The van der Waals surface area contributed by atoms with Crippen molar-refractivity contribution < 1.29 is 19.0 Å². The zero-order chi connectivity index (χ0) is 18.4. The molecule has 0 aliphatic carbocycles. The lowest BCUT2D eigenvalue weighted by molar-refractivity contribution is 0.0468. The molecular formula is C19H18N2O4S. The van der Waals surface area contributed by atoms with Crippen molar-refractivity contribution in [1.82, 2.24) is 9.97 Å². The molecular weight excluding hydrogens is 352 g/mol. The molecule has 0 spiro atoms. The zero-order valence-electron chi connectivity index (χ0n) is 14.5. The normalized spacial score (nSPS) is 10.4. The van der Waals surface area contributed by atoms with E-state index >= 15 is 0 Å². The van der Waals surface area contributed by atoms with Gasteiger partial charge in [-0.05, 0) is 37.3 Å². The number of carbonyl (C=O) groups excluding carboxylic acids is 1. The van der Waals surface area contributed by atoms with E-state index in [0.717, 1.165) is 10.7 Å². The van der Waals surface area contributed by atoms with E-state index in [1.54, 1.807) is 31.5 Å². The third-order valence-corrected chi connectivity index (χ3v) is 4.40. The Morgan fingerprint density at radius 3 is 2.81 bits per heavy atom. The summed E-state index contributed by atoms with van der Waals surface area (Å²) in [4.78, 5) is 21.0. The Hall–Kier alpha value is -2.93. The molecule has 0 saturated heterocycles. The van der Waals surface area contributed by atoms with Gasteiger partial charge in [0.2, 0.25) is 0 Å². The lowest BCUT2D eigenvalue weighted by Gasteiger charge is -2.10. The first-order chi connectivity index (χ1) is 12.7. The number of rotatable bonds is 7. The Morgan fingerprint density at radius 2 is 2.08 bits per heavy atom. The molecule has 0 amide bonds. The van der Waals surface area contributed by atoms with Crippen LogP contribution in [0.15, 0.2) is 48.0 Å². The molecule has 0 aliphatic rings. The third kappa shape index (κ3) is 4.18. The van der Waals surface area contributed by atoms with Crippen molar-refractivity contribution in [3.63, 3.8) is 0 Å². The fourth-order valence-corrected chi connectivity index (χ4v) is 3.05. The van der Waals surface area contributed by atoms with E-state index < -0.39 is 5.97 Å². The van der Waals surface area contributed by atoms with Gasteiger partial charge >= 0.3 is 5.97 Å². The number of hydrogen-bond donors (Lipinski definition) is 0. The van der Waals surface area contributed by atoms with Gasteiger partial charge in [0.25, 0.3) is 0 Å². The molecule has 134 valence electrons. The lowest BCUT2D eigenvalue weighted by atomic mass is 10.2. The molecule has 0 unspecified atom stereocenters. The molecule has 1 aromatic carbocycles. The minimum Gasteiger partial charge on any atom is -0.493 e. The van der Waals surface area contributed by atoms with Crippen LogP contribution in [0.3, 0.4) is 0 Å². The second kappa shape index (κ2) is 8.44. The van der Waals surface area contributed by atoms with Crippen molar-refractivity contribution >= 4 is 17.3 Å². The van der Waals surface area contributed by atoms with Gasteiger partial charge < -0.3 is 14.2 Å². The zero-order valence-corrected chi connectivity index (χ0v) is 15.3. The molecule has 2 aromatic heterocycles. The summed E-state index contributed by atoms with van der Waals surface area (Å²) < 4.78 is 16.1. The highest BCUT2D eigenvalue weighted by Gasteiger charge is 2.13. The monoisotopic (exact) mass is 370 g/mol. The highest BCUT2D eigenvalue weighted by molar-refractivity contribution is 7.13. The molecule has 6 nitrogen and oxygen atoms in total. The summed E-state index contributed by atoms with van der Waals surface area (Å²) in [5, 5.41) is 2.65. The van der Waals surface area contributed by atoms with Crippen LogP contribution in [0.1, 0.15) is 23.0 Å². The maximum Gasteiger partial charge on any atom is 0.338 e. The van der Waals surface area contributed by atoms with Gasteiger partial charge in [-0.2, -0.15) is 0 Å². The number of esters is 1. The number of aromatic nitrogens is 2. The summed E-state index contributed by atoms with van der Waals surface area (Å²) in [6, 6.07) is 10.6. The van der Waals surface area contributed by atoms with Crippen molar-refractivity contribution in [2.75, 3.05) is 13.7 Å². The Labute approximate surface area is 155 Å². The highest BCUT2D eigenvalue weighted by Crippen LogP contribution is 2.28. The molecule has 0 bridgehead atoms. The van der Waals surface area contributed by atoms with Gasteiger partial charge in [0.1, 0.15) is 11.6 Å². The second-order valence-corrected chi connectivity index (χ2v) is 6.09. The smallest absolute Gasteiger partial charge is 0.338 e. The maximum atomic E-state index is 12.3. The Bertz CT molecular complexity index is 880. The highest BCUT2D eigenvalue weighted by atomic mass is 32.1. The van der Waals surface area contributed by atoms with Gasteiger partial charge in [-0.25, -0.2) is 9.78 Å². The van der Waals surface area contributed by atoms with Crippen LogP contribution in [0, 0.1) is 0 Å². The molecule has 0 saturated carbocycles. The van der Waals surface area contributed by atoms with Crippen LogP contribution in [-0.2, 0) is 11.3 Å². The first-order valence-electron chi connectivity index (χ1n) is 8.05. The fourth-order valence-electron chi connectivity index (χ4n) is 2.27. The summed E-state index contributed by atoms with van der Waals surface area (Å²) in [7, 11) is 1.55. The van der Waals surface area contributed by atoms with Crippen molar-refractivity contribution in [3.05, 3.63) is 59.2 Å². The molecule has 0 radical (unpaired) electrons. The van der Waals surface area contributed by atoms with Crippen molar-refractivity contribution in [1.29, 1.82) is 0 Å². The van der Waals surface area contributed by atoms with Crippen molar-refractivity contribution in [2.24, 2.45) is 0 Å². The molecule has 7 heteroatoms. The van der Waals surface area contributed by atoms with Crippen LogP contribution in [0.5, 0.6) is 11.5 Å². The minimum absolute atomic E-state index is 0.0954. The molecule has 26 heavy (non-hydrogen) atoms. The number of pyridine rings is 1. The molecule has 0 atom stereocenters. The van der Waals surface area contributed by atoms with E-state index in [0.29, 0.717) is 29.4 Å². The first kappa shape index (κ1) is 17.9. The number of carbonyl (C=O) groups is 1.